The average Bonchev–Trinajstić information content (AvgIpc) is 3.14. The minimum Gasteiger partial charge on any atom is -0.336 e. The third kappa shape index (κ3) is 4.39. The topological polar surface area (TPSA) is 76.4 Å². The molecular weight excluding hydrogens is 336 g/mol. The fourth-order valence-electron chi connectivity index (χ4n) is 2.70. The molecule has 2 rings (SSSR count). The van der Waals surface area contributed by atoms with Crippen molar-refractivity contribution in [3.63, 3.8) is 0 Å². The van der Waals surface area contributed by atoms with Crippen LogP contribution in [0.5, 0.6) is 0 Å². The maximum Gasteiger partial charge on any atom is 0.264 e. The lowest BCUT2D eigenvalue weighted by Crippen LogP contribution is -2.58. The van der Waals surface area contributed by atoms with Crippen molar-refractivity contribution in [2.24, 2.45) is 5.92 Å². The Morgan fingerprint density at radius 2 is 1.92 bits per heavy atom. The minimum absolute atomic E-state index is 0.0221. The van der Waals surface area contributed by atoms with E-state index < -0.39 is 5.54 Å². The van der Waals surface area contributed by atoms with E-state index in [2.05, 4.69) is 16.3 Å². The van der Waals surface area contributed by atoms with Gasteiger partial charge in [0, 0.05) is 26.2 Å². The molecule has 1 fully saturated rings. The van der Waals surface area contributed by atoms with E-state index in [4.69, 9.17) is 0 Å². The molecule has 2 unspecified atom stereocenters. The molecule has 2 amide bonds. The number of carbonyl (C=O) groups excluding carboxylic acids is 2. The second-order valence-electron chi connectivity index (χ2n) is 6.94. The van der Waals surface area contributed by atoms with E-state index in [0.29, 0.717) is 26.2 Å². The molecule has 0 aliphatic carbocycles. The van der Waals surface area contributed by atoms with Crippen molar-refractivity contribution >= 4 is 23.2 Å². The third-order valence-corrected chi connectivity index (χ3v) is 5.89. The van der Waals surface area contributed by atoms with Crippen LogP contribution in [0.1, 0.15) is 37.4 Å². The number of nitrogens with one attached hydrogen (secondary N) is 1. The predicted octanol–water partition coefficient (Wildman–Crippen LogP) is 1.95. The Hall–Kier alpha value is -1.91. The van der Waals surface area contributed by atoms with Gasteiger partial charge in [-0.05, 0) is 31.2 Å². The summed E-state index contributed by atoms with van der Waals surface area (Å²) in [6.45, 7) is 9.95. The molecule has 0 spiro atoms. The van der Waals surface area contributed by atoms with Gasteiger partial charge in [-0.2, -0.15) is 5.26 Å². The molecular formula is C18H26N4O2S. The van der Waals surface area contributed by atoms with Gasteiger partial charge in [0.2, 0.25) is 5.91 Å². The Bertz CT molecular complexity index is 645. The first-order valence-corrected chi connectivity index (χ1v) is 9.46. The molecule has 2 heterocycles. The number of nitriles is 1. The normalized spacial score (nSPS) is 19.1. The molecule has 136 valence electrons. The molecule has 0 saturated carbocycles. The van der Waals surface area contributed by atoms with Gasteiger partial charge >= 0.3 is 0 Å². The smallest absolute Gasteiger partial charge is 0.264 e. The van der Waals surface area contributed by atoms with E-state index >= 15 is 0 Å². The highest BCUT2D eigenvalue weighted by Gasteiger charge is 2.34. The van der Waals surface area contributed by atoms with Crippen molar-refractivity contribution < 1.29 is 9.59 Å². The van der Waals surface area contributed by atoms with E-state index in [1.807, 2.05) is 43.2 Å². The molecule has 0 radical (unpaired) electrons. The number of hydrogen-bond donors (Lipinski definition) is 1. The number of piperazine rings is 1. The highest BCUT2D eigenvalue weighted by atomic mass is 32.1. The van der Waals surface area contributed by atoms with Gasteiger partial charge in [0.15, 0.2) is 0 Å². The summed E-state index contributed by atoms with van der Waals surface area (Å²) in [6, 6.07) is 5.59. The fraction of sp³-hybridized carbons (Fsp3) is 0.611. The molecule has 0 bridgehead atoms. The highest BCUT2D eigenvalue weighted by molar-refractivity contribution is 7.12. The Labute approximate surface area is 153 Å². The maximum absolute atomic E-state index is 12.5. The Balaban J connectivity index is 1.90. The monoisotopic (exact) mass is 362 g/mol. The Morgan fingerprint density at radius 3 is 2.40 bits per heavy atom. The number of nitrogens with zero attached hydrogens (tertiary/aromatic N) is 3. The van der Waals surface area contributed by atoms with Crippen molar-refractivity contribution in [1.29, 1.82) is 5.26 Å². The molecule has 2 atom stereocenters. The highest BCUT2D eigenvalue weighted by Crippen LogP contribution is 2.17. The Kier molecular flexibility index (Phi) is 6.20. The molecule has 1 aliphatic rings. The molecule has 6 nitrogen and oxygen atoms in total. The zero-order chi connectivity index (χ0) is 18.6. The average molecular weight is 362 g/mol. The van der Waals surface area contributed by atoms with Crippen LogP contribution >= 0.6 is 11.3 Å². The molecule has 1 aliphatic heterocycles. The quantitative estimate of drug-likeness (QED) is 0.869. The van der Waals surface area contributed by atoms with Crippen molar-refractivity contribution in [2.75, 3.05) is 26.2 Å². The first kappa shape index (κ1) is 19.4. The summed E-state index contributed by atoms with van der Waals surface area (Å²) >= 11 is 1.45. The first-order valence-electron chi connectivity index (χ1n) is 8.58. The standard InChI is InChI=1S/C18H26N4O2S/c1-13(2)18(4,12-19)20-16(23)14(3)21-7-9-22(10-8-21)17(24)15-6-5-11-25-15/h5-6,11,13-14H,7-10H2,1-4H3,(H,20,23). The first-order chi connectivity index (χ1) is 11.8. The van der Waals surface area contributed by atoms with Gasteiger partial charge in [0.05, 0.1) is 17.0 Å². The summed E-state index contributed by atoms with van der Waals surface area (Å²) in [5, 5.41) is 14.1. The van der Waals surface area contributed by atoms with E-state index in [1.165, 1.54) is 11.3 Å². The van der Waals surface area contributed by atoms with Crippen LogP contribution in [-0.2, 0) is 4.79 Å². The fourth-order valence-corrected chi connectivity index (χ4v) is 3.39. The minimum atomic E-state index is -0.873. The molecule has 7 heteroatoms. The van der Waals surface area contributed by atoms with Crippen LogP contribution in [0, 0.1) is 17.2 Å². The van der Waals surface area contributed by atoms with E-state index in [-0.39, 0.29) is 23.8 Å². The van der Waals surface area contributed by atoms with Crippen molar-refractivity contribution in [1.82, 2.24) is 15.1 Å². The van der Waals surface area contributed by atoms with Gasteiger partial charge in [-0.3, -0.25) is 14.5 Å². The molecule has 25 heavy (non-hydrogen) atoms. The lowest BCUT2D eigenvalue weighted by Gasteiger charge is -2.38. The van der Waals surface area contributed by atoms with Crippen molar-refractivity contribution in [2.45, 2.75) is 39.3 Å². The second-order valence-corrected chi connectivity index (χ2v) is 7.89. The molecule has 1 saturated heterocycles. The maximum atomic E-state index is 12.5. The second kappa shape index (κ2) is 7.98. The number of rotatable bonds is 5. The van der Waals surface area contributed by atoms with Crippen LogP contribution in [0.3, 0.4) is 0 Å². The largest absolute Gasteiger partial charge is 0.336 e. The summed E-state index contributed by atoms with van der Waals surface area (Å²) < 4.78 is 0. The van der Waals surface area contributed by atoms with Gasteiger partial charge in [-0.25, -0.2) is 0 Å². The number of carbonyl (C=O) groups is 2. The molecule has 1 aromatic rings. The van der Waals surface area contributed by atoms with Crippen LogP contribution in [0.2, 0.25) is 0 Å². The predicted molar refractivity (Wildman–Crippen MR) is 98.3 cm³/mol. The summed E-state index contributed by atoms with van der Waals surface area (Å²) in [7, 11) is 0. The van der Waals surface area contributed by atoms with Crippen LogP contribution in [-0.4, -0.2) is 59.4 Å². The summed E-state index contributed by atoms with van der Waals surface area (Å²) in [4.78, 5) is 29.6. The van der Waals surface area contributed by atoms with Crippen LogP contribution in [0.25, 0.3) is 0 Å². The van der Waals surface area contributed by atoms with Crippen LogP contribution < -0.4 is 5.32 Å². The number of amides is 2. The summed E-state index contributed by atoms with van der Waals surface area (Å²) in [5.41, 5.74) is -0.873. The van der Waals surface area contributed by atoms with E-state index in [1.54, 1.807) is 6.92 Å². The van der Waals surface area contributed by atoms with Crippen LogP contribution in [0.15, 0.2) is 17.5 Å². The summed E-state index contributed by atoms with van der Waals surface area (Å²) in [6.07, 6.45) is 0. The molecule has 0 aromatic carbocycles. The number of hydrogen-bond acceptors (Lipinski definition) is 5. The lowest BCUT2D eigenvalue weighted by molar-refractivity contribution is -0.128. The van der Waals surface area contributed by atoms with Crippen molar-refractivity contribution in [3.8, 4) is 6.07 Å². The molecule has 1 aromatic heterocycles. The Morgan fingerprint density at radius 1 is 1.28 bits per heavy atom. The zero-order valence-electron chi connectivity index (χ0n) is 15.3. The molecule has 1 N–H and O–H groups in total. The third-order valence-electron chi connectivity index (χ3n) is 5.03. The van der Waals surface area contributed by atoms with Gasteiger partial charge in [-0.1, -0.05) is 19.9 Å². The van der Waals surface area contributed by atoms with Crippen LogP contribution in [0.4, 0.5) is 0 Å². The van der Waals surface area contributed by atoms with Gasteiger partial charge in [0.25, 0.3) is 5.91 Å². The zero-order valence-corrected chi connectivity index (χ0v) is 16.1. The summed E-state index contributed by atoms with van der Waals surface area (Å²) in [5.74, 6) is -0.0617. The SMILES string of the molecule is CC(C(=O)NC(C)(C#N)C(C)C)N1CCN(C(=O)c2cccs2)CC1. The van der Waals surface area contributed by atoms with Crippen molar-refractivity contribution in [3.05, 3.63) is 22.4 Å². The van der Waals surface area contributed by atoms with Gasteiger partial charge in [-0.15, -0.1) is 11.3 Å². The van der Waals surface area contributed by atoms with Gasteiger partial charge < -0.3 is 10.2 Å². The lowest BCUT2D eigenvalue weighted by atomic mass is 9.89. The van der Waals surface area contributed by atoms with E-state index in [0.717, 1.165) is 4.88 Å². The number of thiophene rings is 1. The van der Waals surface area contributed by atoms with Gasteiger partial charge in [0.1, 0.15) is 5.54 Å². The van der Waals surface area contributed by atoms with E-state index in [9.17, 15) is 14.9 Å².